The van der Waals surface area contributed by atoms with Gasteiger partial charge in [0.2, 0.25) is 0 Å². The first-order valence-corrected chi connectivity index (χ1v) is 6.77. The summed E-state index contributed by atoms with van der Waals surface area (Å²) >= 11 is 3.35. The number of carboxylic acids is 1. The first-order valence-electron chi connectivity index (χ1n) is 5.98. The average molecular weight is 329 g/mol. The van der Waals surface area contributed by atoms with E-state index < -0.39 is 12.0 Å². The second-order valence-electron chi connectivity index (χ2n) is 4.23. The standard InChI is InChI=1S/C13H17BrN2O3/c1-3-6-16(8-12(17)18)13(19)15-11-7-9(2)4-5-10(11)14/h4-5,7H,3,6,8H2,1-2H3,(H,15,19)(H,17,18). The van der Waals surface area contributed by atoms with Crippen LogP contribution in [0.2, 0.25) is 0 Å². The second kappa shape index (κ2) is 7.13. The molecule has 2 amide bonds. The van der Waals surface area contributed by atoms with Crippen molar-refractivity contribution < 1.29 is 14.7 Å². The van der Waals surface area contributed by atoms with Gasteiger partial charge in [-0.15, -0.1) is 0 Å². The summed E-state index contributed by atoms with van der Waals surface area (Å²) in [7, 11) is 0. The maximum atomic E-state index is 12.0. The Labute approximate surface area is 120 Å². The summed E-state index contributed by atoms with van der Waals surface area (Å²) in [5.41, 5.74) is 1.65. The van der Waals surface area contributed by atoms with Crippen LogP contribution < -0.4 is 5.32 Å². The van der Waals surface area contributed by atoms with Crippen molar-refractivity contribution in [2.45, 2.75) is 20.3 Å². The van der Waals surface area contributed by atoms with Gasteiger partial charge in [-0.25, -0.2) is 4.79 Å². The Morgan fingerprint density at radius 3 is 2.68 bits per heavy atom. The Kier molecular flexibility index (Phi) is 5.82. The molecule has 0 aliphatic heterocycles. The molecule has 0 saturated heterocycles. The number of carboxylic acid groups (broad SMARTS) is 1. The van der Waals surface area contributed by atoms with Gasteiger partial charge in [0.25, 0.3) is 0 Å². The predicted molar refractivity (Wildman–Crippen MR) is 77.4 cm³/mol. The van der Waals surface area contributed by atoms with E-state index in [0.29, 0.717) is 18.7 Å². The minimum atomic E-state index is -1.02. The summed E-state index contributed by atoms with van der Waals surface area (Å²) in [6, 6.07) is 5.18. The van der Waals surface area contributed by atoms with Gasteiger partial charge in [-0.05, 0) is 47.0 Å². The van der Waals surface area contributed by atoms with Gasteiger partial charge in [-0.1, -0.05) is 13.0 Å². The number of carbonyl (C=O) groups excluding carboxylic acids is 1. The quantitative estimate of drug-likeness (QED) is 0.872. The van der Waals surface area contributed by atoms with Crippen molar-refractivity contribution in [2.24, 2.45) is 0 Å². The van der Waals surface area contributed by atoms with E-state index in [-0.39, 0.29) is 6.54 Å². The number of carbonyl (C=O) groups is 2. The number of amides is 2. The van der Waals surface area contributed by atoms with Gasteiger partial charge in [-0.2, -0.15) is 0 Å². The summed E-state index contributed by atoms with van der Waals surface area (Å²) in [5.74, 6) is -1.02. The molecule has 0 heterocycles. The number of benzene rings is 1. The van der Waals surface area contributed by atoms with Crippen molar-refractivity contribution in [3.8, 4) is 0 Å². The number of nitrogens with one attached hydrogen (secondary N) is 1. The Morgan fingerprint density at radius 2 is 2.11 bits per heavy atom. The van der Waals surface area contributed by atoms with Gasteiger partial charge in [-0.3, -0.25) is 4.79 Å². The maximum Gasteiger partial charge on any atom is 0.323 e. The van der Waals surface area contributed by atoms with E-state index in [9.17, 15) is 9.59 Å². The van der Waals surface area contributed by atoms with Crippen LogP contribution in [0.5, 0.6) is 0 Å². The van der Waals surface area contributed by atoms with Crippen LogP contribution in [-0.4, -0.2) is 35.1 Å². The van der Waals surface area contributed by atoms with Gasteiger partial charge in [0.15, 0.2) is 0 Å². The Bertz CT molecular complexity index is 477. The largest absolute Gasteiger partial charge is 0.480 e. The first kappa shape index (κ1) is 15.5. The summed E-state index contributed by atoms with van der Waals surface area (Å²) < 4.78 is 0.762. The van der Waals surface area contributed by atoms with E-state index in [1.165, 1.54) is 4.90 Å². The number of hydrogen-bond acceptors (Lipinski definition) is 2. The van der Waals surface area contributed by atoms with E-state index in [2.05, 4.69) is 21.2 Å². The fraction of sp³-hybridized carbons (Fsp3) is 0.385. The predicted octanol–water partition coefficient (Wildman–Crippen LogP) is 3.09. The third-order valence-corrected chi connectivity index (χ3v) is 3.16. The molecule has 0 aromatic heterocycles. The number of halogens is 1. The molecule has 0 unspecified atom stereocenters. The Morgan fingerprint density at radius 1 is 1.42 bits per heavy atom. The lowest BCUT2D eigenvalue weighted by atomic mass is 10.2. The van der Waals surface area contributed by atoms with Gasteiger partial charge in [0.05, 0.1) is 5.69 Å². The van der Waals surface area contributed by atoms with E-state index in [1.807, 2.05) is 32.0 Å². The molecule has 0 bridgehead atoms. The lowest BCUT2D eigenvalue weighted by Gasteiger charge is -2.21. The second-order valence-corrected chi connectivity index (χ2v) is 5.08. The minimum absolute atomic E-state index is 0.302. The monoisotopic (exact) mass is 328 g/mol. The normalized spacial score (nSPS) is 10.1. The van der Waals surface area contributed by atoms with Gasteiger partial charge < -0.3 is 15.3 Å². The van der Waals surface area contributed by atoms with Crippen LogP contribution in [0.15, 0.2) is 22.7 Å². The van der Waals surface area contributed by atoms with Crippen molar-refractivity contribution in [1.82, 2.24) is 4.90 Å². The zero-order valence-corrected chi connectivity index (χ0v) is 12.5. The number of urea groups is 1. The molecule has 0 aliphatic carbocycles. The van der Waals surface area contributed by atoms with Crippen LogP contribution in [0, 0.1) is 6.92 Å². The molecule has 2 N–H and O–H groups in total. The topological polar surface area (TPSA) is 69.6 Å². The number of aliphatic carboxylic acids is 1. The molecule has 1 aromatic rings. The number of nitrogens with zero attached hydrogens (tertiary/aromatic N) is 1. The molecule has 1 rings (SSSR count). The molecular formula is C13H17BrN2O3. The molecule has 0 spiro atoms. The highest BCUT2D eigenvalue weighted by Crippen LogP contribution is 2.23. The number of anilines is 1. The van der Waals surface area contributed by atoms with E-state index in [0.717, 1.165) is 10.0 Å². The van der Waals surface area contributed by atoms with Crippen LogP contribution in [0.1, 0.15) is 18.9 Å². The molecule has 19 heavy (non-hydrogen) atoms. The van der Waals surface area contributed by atoms with Crippen LogP contribution in [0.3, 0.4) is 0 Å². The first-order chi connectivity index (χ1) is 8.93. The summed E-state index contributed by atoms with van der Waals surface area (Å²) in [6.07, 6.45) is 0.704. The molecular weight excluding hydrogens is 312 g/mol. The molecule has 0 fully saturated rings. The Hall–Kier alpha value is -1.56. The highest BCUT2D eigenvalue weighted by atomic mass is 79.9. The smallest absolute Gasteiger partial charge is 0.323 e. The van der Waals surface area contributed by atoms with Crippen molar-refractivity contribution in [1.29, 1.82) is 0 Å². The average Bonchev–Trinajstić information content (AvgIpc) is 2.32. The Balaban J connectivity index is 2.80. The van der Waals surface area contributed by atoms with E-state index >= 15 is 0 Å². The molecule has 0 aliphatic rings. The maximum absolute atomic E-state index is 12.0. The molecule has 0 atom stereocenters. The summed E-state index contributed by atoms with van der Waals surface area (Å²) in [5, 5.41) is 11.5. The number of aryl methyl sites for hydroxylation is 1. The summed E-state index contributed by atoms with van der Waals surface area (Å²) in [6.45, 7) is 3.92. The number of hydrogen-bond donors (Lipinski definition) is 2. The number of rotatable bonds is 5. The highest BCUT2D eigenvalue weighted by Gasteiger charge is 2.16. The van der Waals surface area contributed by atoms with Gasteiger partial charge in [0, 0.05) is 11.0 Å². The van der Waals surface area contributed by atoms with Gasteiger partial charge in [0.1, 0.15) is 6.54 Å². The van der Waals surface area contributed by atoms with Crippen molar-refractivity contribution in [3.63, 3.8) is 0 Å². The third-order valence-electron chi connectivity index (χ3n) is 2.47. The van der Waals surface area contributed by atoms with Crippen LogP contribution in [0.4, 0.5) is 10.5 Å². The van der Waals surface area contributed by atoms with Crippen molar-refractivity contribution in [2.75, 3.05) is 18.4 Å². The van der Waals surface area contributed by atoms with Crippen LogP contribution in [-0.2, 0) is 4.79 Å². The molecule has 5 nitrogen and oxygen atoms in total. The molecule has 104 valence electrons. The highest BCUT2D eigenvalue weighted by molar-refractivity contribution is 9.10. The van der Waals surface area contributed by atoms with E-state index in [1.54, 1.807) is 0 Å². The fourth-order valence-corrected chi connectivity index (χ4v) is 1.96. The lowest BCUT2D eigenvalue weighted by Crippen LogP contribution is -2.39. The fourth-order valence-electron chi connectivity index (χ4n) is 1.61. The van der Waals surface area contributed by atoms with Crippen molar-refractivity contribution in [3.05, 3.63) is 28.2 Å². The van der Waals surface area contributed by atoms with Crippen LogP contribution >= 0.6 is 15.9 Å². The lowest BCUT2D eigenvalue weighted by molar-refractivity contribution is -0.137. The van der Waals surface area contributed by atoms with E-state index in [4.69, 9.17) is 5.11 Å². The zero-order chi connectivity index (χ0) is 14.4. The molecule has 0 saturated carbocycles. The third kappa shape index (κ3) is 4.90. The minimum Gasteiger partial charge on any atom is -0.480 e. The van der Waals surface area contributed by atoms with Crippen LogP contribution in [0.25, 0.3) is 0 Å². The van der Waals surface area contributed by atoms with Gasteiger partial charge >= 0.3 is 12.0 Å². The zero-order valence-electron chi connectivity index (χ0n) is 10.9. The molecule has 1 aromatic carbocycles. The van der Waals surface area contributed by atoms with Crippen molar-refractivity contribution >= 4 is 33.6 Å². The molecule has 6 heteroatoms. The molecule has 0 radical (unpaired) electrons. The summed E-state index contributed by atoms with van der Waals surface area (Å²) in [4.78, 5) is 24.0. The SMILES string of the molecule is CCCN(CC(=O)O)C(=O)Nc1cc(C)ccc1Br.